The van der Waals surface area contributed by atoms with Crippen molar-refractivity contribution in [2.45, 2.75) is 56.7 Å². The minimum absolute atomic E-state index is 0.00258. The molecule has 3 aliphatic heterocycles. The molecule has 2 saturated heterocycles. The summed E-state index contributed by atoms with van der Waals surface area (Å²) in [6.07, 6.45) is 7.86. The number of benzene rings is 2. The summed E-state index contributed by atoms with van der Waals surface area (Å²) in [5, 5.41) is 11.0. The second-order valence-corrected chi connectivity index (χ2v) is 14.3. The largest absolute Gasteiger partial charge is 0.483 e. The van der Waals surface area contributed by atoms with E-state index in [0.717, 1.165) is 79.1 Å². The Hall–Kier alpha value is -5.58. The third kappa shape index (κ3) is 7.57. The maximum Gasteiger partial charge on any atom is 0.266 e. The average Bonchev–Trinajstić information content (AvgIpc) is 3.72. The molecule has 2 aromatic heterocycles. The van der Waals surface area contributed by atoms with Crippen LogP contribution in [-0.2, 0) is 19.1 Å². The zero-order chi connectivity index (χ0) is 37.9. The fourth-order valence-corrected chi connectivity index (χ4v) is 8.13. The molecular weight excluding hydrogens is 706 g/mol. The minimum Gasteiger partial charge on any atom is -0.483 e. The molecule has 16 nitrogen and oxygen atoms in total. The number of hydrogen-bond acceptors (Lipinski definition) is 12. The van der Waals surface area contributed by atoms with Gasteiger partial charge in [0.05, 0.1) is 35.9 Å². The quantitative estimate of drug-likeness (QED) is 0.159. The molecule has 4 aliphatic rings. The Morgan fingerprint density at radius 2 is 1.67 bits per heavy atom. The van der Waals surface area contributed by atoms with E-state index in [2.05, 4.69) is 47.2 Å². The van der Waals surface area contributed by atoms with E-state index in [1.807, 2.05) is 24.4 Å². The first-order chi connectivity index (χ1) is 26.9. The van der Waals surface area contributed by atoms with Crippen molar-refractivity contribution < 1.29 is 33.4 Å². The fraction of sp³-hybridized carbons (Fsp3) is 0.436. The van der Waals surface area contributed by atoms with Gasteiger partial charge < -0.3 is 14.8 Å². The zero-order valence-electron chi connectivity index (χ0n) is 30.4. The Kier molecular flexibility index (Phi) is 10.6. The van der Waals surface area contributed by atoms with E-state index in [4.69, 9.17) is 14.6 Å². The molecule has 55 heavy (non-hydrogen) atoms. The first kappa shape index (κ1) is 36.4. The van der Waals surface area contributed by atoms with Gasteiger partial charge in [-0.2, -0.15) is 5.10 Å². The molecule has 286 valence electrons. The first-order valence-electron chi connectivity index (χ1n) is 18.9. The van der Waals surface area contributed by atoms with Gasteiger partial charge in [-0.15, -0.1) is 0 Å². The summed E-state index contributed by atoms with van der Waals surface area (Å²) < 4.78 is 13.6. The van der Waals surface area contributed by atoms with Gasteiger partial charge in [0, 0.05) is 56.9 Å². The maximum absolute atomic E-state index is 13.2. The monoisotopic (exact) mass is 749 g/mol. The molecule has 0 bridgehead atoms. The van der Waals surface area contributed by atoms with E-state index in [-0.39, 0.29) is 42.9 Å². The highest BCUT2D eigenvalue weighted by molar-refractivity contribution is 6.24. The number of piperazine rings is 1. The number of rotatable bonds is 12. The number of nitrogens with zero attached hydrogens (tertiary/aromatic N) is 7. The van der Waals surface area contributed by atoms with Gasteiger partial charge in [0.2, 0.25) is 11.8 Å². The van der Waals surface area contributed by atoms with E-state index in [0.29, 0.717) is 25.4 Å². The van der Waals surface area contributed by atoms with Crippen molar-refractivity contribution in [3.8, 4) is 17.0 Å². The lowest BCUT2D eigenvalue weighted by atomic mass is 9.90. The number of aromatic nitrogens is 4. The Labute approximate surface area is 317 Å². The van der Waals surface area contributed by atoms with Crippen molar-refractivity contribution in [2.75, 3.05) is 52.7 Å². The predicted octanol–water partition coefficient (Wildman–Crippen LogP) is 2.17. The number of piperidine rings is 1. The number of carbonyl (C=O) groups is 5. The number of amides is 5. The summed E-state index contributed by atoms with van der Waals surface area (Å²) in [7, 11) is 0. The summed E-state index contributed by atoms with van der Waals surface area (Å²) in [4.78, 5) is 77.4. The maximum atomic E-state index is 13.2. The summed E-state index contributed by atoms with van der Waals surface area (Å²) in [5.74, 6) is -2.81. The summed E-state index contributed by atoms with van der Waals surface area (Å²) >= 11 is 0. The molecule has 0 spiro atoms. The Morgan fingerprint density at radius 1 is 0.891 bits per heavy atom. The molecule has 2 aromatic carbocycles. The molecule has 3 fully saturated rings. The van der Waals surface area contributed by atoms with Crippen molar-refractivity contribution in [3.63, 3.8) is 0 Å². The van der Waals surface area contributed by atoms with Crippen LogP contribution in [0, 0.1) is 0 Å². The number of carbonyl (C=O) groups excluding carboxylic acids is 5. The lowest BCUT2D eigenvalue weighted by Crippen LogP contribution is -2.54. The van der Waals surface area contributed by atoms with Crippen molar-refractivity contribution in [2.24, 2.45) is 0 Å². The van der Waals surface area contributed by atoms with Gasteiger partial charge in [-0.3, -0.25) is 44.0 Å². The molecule has 5 amide bonds. The van der Waals surface area contributed by atoms with Crippen LogP contribution >= 0.6 is 0 Å². The highest BCUT2D eigenvalue weighted by Gasteiger charge is 2.46. The van der Waals surface area contributed by atoms with Gasteiger partial charge in [0.25, 0.3) is 17.7 Å². The normalized spacial score (nSPS) is 22.2. The molecule has 8 rings (SSSR count). The molecule has 16 heteroatoms. The van der Waals surface area contributed by atoms with Crippen LogP contribution in [0.25, 0.3) is 22.3 Å². The van der Waals surface area contributed by atoms with Crippen LogP contribution in [0.4, 0.5) is 0 Å². The number of fused-ring (bicyclic) bond motifs is 2. The molecule has 1 unspecified atom stereocenters. The number of hydrogen-bond donors (Lipinski definition) is 2. The number of ether oxygens (including phenoxy) is 2. The Balaban J connectivity index is 0.735. The number of nitrogens with one attached hydrogen (secondary N) is 2. The second-order valence-electron chi connectivity index (χ2n) is 14.3. The molecule has 1 atom stereocenters. The Bertz CT molecular complexity index is 2090. The van der Waals surface area contributed by atoms with Crippen LogP contribution in [0.3, 0.4) is 0 Å². The summed E-state index contributed by atoms with van der Waals surface area (Å²) in [6.45, 7) is 4.47. The lowest BCUT2D eigenvalue weighted by molar-refractivity contribution is -0.136. The van der Waals surface area contributed by atoms with Gasteiger partial charge in [0.1, 0.15) is 23.8 Å². The third-order valence-corrected chi connectivity index (χ3v) is 11.0. The lowest BCUT2D eigenvalue weighted by Gasteiger charge is -2.41. The summed E-state index contributed by atoms with van der Waals surface area (Å²) in [6, 6.07) is 14.5. The van der Waals surface area contributed by atoms with Crippen molar-refractivity contribution >= 4 is 40.6 Å². The Morgan fingerprint density at radius 3 is 2.45 bits per heavy atom. The van der Waals surface area contributed by atoms with E-state index in [1.165, 1.54) is 12.1 Å². The molecule has 1 aliphatic carbocycles. The zero-order valence-corrected chi connectivity index (χ0v) is 30.4. The van der Waals surface area contributed by atoms with Gasteiger partial charge in [-0.1, -0.05) is 36.4 Å². The SMILES string of the molecule is O=C(COc1cccc2c1C(=O)N(C1CCC(=O)NC1=O)C2=O)NCCOCN1CCN(C2CCC(n3nc(-c4ccccc4)c4cncnc43)CC2)CC1. The third-order valence-electron chi connectivity index (χ3n) is 11.0. The second kappa shape index (κ2) is 16.0. The topological polar surface area (TPSA) is 181 Å². The van der Waals surface area contributed by atoms with Gasteiger partial charge in [-0.05, 0) is 44.2 Å². The van der Waals surface area contributed by atoms with Crippen LogP contribution in [0.5, 0.6) is 5.75 Å². The van der Waals surface area contributed by atoms with Crippen LogP contribution < -0.4 is 15.4 Å². The van der Waals surface area contributed by atoms with Gasteiger partial charge >= 0.3 is 0 Å². The van der Waals surface area contributed by atoms with Crippen LogP contribution in [0.1, 0.15) is 65.3 Å². The van der Waals surface area contributed by atoms with Crippen molar-refractivity contribution in [1.82, 2.24) is 45.1 Å². The van der Waals surface area contributed by atoms with E-state index in [9.17, 15) is 24.0 Å². The molecule has 2 N–H and O–H groups in total. The smallest absolute Gasteiger partial charge is 0.266 e. The molecule has 0 radical (unpaired) electrons. The molecule has 5 heterocycles. The molecule has 1 saturated carbocycles. The highest BCUT2D eigenvalue weighted by atomic mass is 16.5. The van der Waals surface area contributed by atoms with E-state index in [1.54, 1.807) is 12.4 Å². The van der Waals surface area contributed by atoms with Crippen molar-refractivity contribution in [1.29, 1.82) is 0 Å². The van der Waals surface area contributed by atoms with Gasteiger partial charge in [-0.25, -0.2) is 14.6 Å². The van der Waals surface area contributed by atoms with Crippen molar-refractivity contribution in [3.05, 3.63) is 72.2 Å². The van der Waals surface area contributed by atoms with Crippen LogP contribution in [-0.4, -0.2) is 129 Å². The van der Waals surface area contributed by atoms with Gasteiger partial charge in [0.15, 0.2) is 12.3 Å². The predicted molar refractivity (Wildman–Crippen MR) is 198 cm³/mol. The fourth-order valence-electron chi connectivity index (χ4n) is 8.13. The molecular formula is C39H43N9O7. The number of imide groups is 2. The van der Waals surface area contributed by atoms with Crippen LogP contribution in [0.15, 0.2) is 61.1 Å². The average molecular weight is 750 g/mol. The van der Waals surface area contributed by atoms with E-state index < -0.39 is 35.6 Å². The highest BCUT2D eigenvalue weighted by Crippen LogP contribution is 2.36. The standard InChI is InChI=1S/C39H43N9O7/c49-32-14-13-30(37(51)43-32)47-38(52)28-7-4-8-31(34(28)39(47)53)55-22-33(50)41-15-20-54-24-45-16-18-46(19-17-45)26-9-11-27(12-10-26)48-36-29(21-40-23-42-36)35(44-48)25-5-2-1-3-6-25/h1-8,21,23,26-27,30H,9-20,22,24H2,(H,41,50)(H,43,49,51). The van der Waals surface area contributed by atoms with Crippen LogP contribution in [0.2, 0.25) is 0 Å². The van der Waals surface area contributed by atoms with E-state index >= 15 is 0 Å². The summed E-state index contributed by atoms with van der Waals surface area (Å²) in [5.41, 5.74) is 2.98. The minimum atomic E-state index is -1.09. The first-order valence-corrected chi connectivity index (χ1v) is 18.9. The molecule has 4 aromatic rings.